The van der Waals surface area contributed by atoms with E-state index in [9.17, 15) is 24.1 Å². The lowest BCUT2D eigenvalue weighted by molar-refractivity contribution is -0.385. The average molecular weight is 241 g/mol. The Balaban J connectivity index is 3.16. The Labute approximate surface area is 95.1 Å². The summed E-state index contributed by atoms with van der Waals surface area (Å²) in [6.45, 7) is 0. The number of hydrogen-bond donors (Lipinski definition) is 0. The van der Waals surface area contributed by atoms with Gasteiger partial charge >= 0.3 is 5.97 Å². The highest BCUT2D eigenvalue weighted by Crippen LogP contribution is 2.22. The number of methoxy groups -OCH3 is 1. The van der Waals surface area contributed by atoms with Crippen LogP contribution >= 0.6 is 0 Å². The Kier molecular flexibility index (Phi) is 3.86. The maximum absolute atomic E-state index is 13.3. The normalized spacial score (nSPS) is 9.76. The second-order valence-electron chi connectivity index (χ2n) is 3.07. The molecule has 1 aromatic carbocycles. The third-order valence-corrected chi connectivity index (χ3v) is 2.00. The summed E-state index contributed by atoms with van der Waals surface area (Å²) in [5.41, 5.74) is -1.37. The molecule has 0 amide bonds. The van der Waals surface area contributed by atoms with Gasteiger partial charge in [-0.1, -0.05) is 6.07 Å². The van der Waals surface area contributed by atoms with Gasteiger partial charge in [-0.25, -0.2) is 4.39 Å². The molecule has 6 nitrogen and oxygen atoms in total. The highest BCUT2D eigenvalue weighted by Gasteiger charge is 2.25. The number of nitro benzene ring substituents is 1. The molecule has 0 aliphatic heterocycles. The van der Waals surface area contributed by atoms with Crippen molar-refractivity contribution in [3.05, 3.63) is 39.7 Å². The highest BCUT2D eigenvalue weighted by molar-refractivity contribution is 6.08. The predicted molar refractivity (Wildman–Crippen MR) is 54.0 cm³/mol. The molecule has 0 N–H and O–H groups in total. The zero-order valence-corrected chi connectivity index (χ0v) is 8.81. The summed E-state index contributed by atoms with van der Waals surface area (Å²) in [6, 6.07) is 3.02. The van der Waals surface area contributed by atoms with Crippen molar-refractivity contribution in [2.24, 2.45) is 0 Å². The Morgan fingerprint density at radius 1 is 1.47 bits per heavy atom. The number of benzene rings is 1. The lowest BCUT2D eigenvalue weighted by Gasteiger charge is -2.02. The maximum Gasteiger partial charge on any atom is 0.313 e. The van der Waals surface area contributed by atoms with Crippen LogP contribution in [0.4, 0.5) is 10.1 Å². The first kappa shape index (κ1) is 12.8. The van der Waals surface area contributed by atoms with Crippen molar-refractivity contribution in [1.82, 2.24) is 0 Å². The van der Waals surface area contributed by atoms with Gasteiger partial charge < -0.3 is 4.74 Å². The molecule has 0 spiro atoms. The van der Waals surface area contributed by atoms with Crippen LogP contribution in [-0.4, -0.2) is 23.8 Å². The minimum Gasteiger partial charge on any atom is -0.469 e. The summed E-state index contributed by atoms with van der Waals surface area (Å²) in [7, 11) is 1.06. The second kappa shape index (κ2) is 5.15. The monoisotopic (exact) mass is 241 g/mol. The van der Waals surface area contributed by atoms with Gasteiger partial charge in [0.1, 0.15) is 17.8 Å². The molecule has 0 saturated heterocycles. The highest BCUT2D eigenvalue weighted by atomic mass is 19.1. The van der Waals surface area contributed by atoms with E-state index >= 15 is 0 Å². The van der Waals surface area contributed by atoms with Crippen LogP contribution < -0.4 is 0 Å². The van der Waals surface area contributed by atoms with E-state index in [0.29, 0.717) is 0 Å². The van der Waals surface area contributed by atoms with Crippen LogP contribution in [-0.2, 0) is 9.53 Å². The van der Waals surface area contributed by atoms with Crippen LogP contribution in [0.15, 0.2) is 18.2 Å². The number of halogens is 1. The number of rotatable bonds is 4. The molecule has 0 aliphatic carbocycles. The predicted octanol–water partition coefficient (Wildman–Crippen LogP) is 1.48. The number of ether oxygens (including phenoxy) is 1. The Bertz CT molecular complexity index is 486. The summed E-state index contributed by atoms with van der Waals surface area (Å²) < 4.78 is 17.6. The van der Waals surface area contributed by atoms with E-state index in [0.717, 1.165) is 25.3 Å². The fourth-order valence-electron chi connectivity index (χ4n) is 1.23. The van der Waals surface area contributed by atoms with Crippen LogP contribution in [0, 0.1) is 15.9 Å². The van der Waals surface area contributed by atoms with Crippen molar-refractivity contribution < 1.29 is 23.6 Å². The molecule has 0 bridgehead atoms. The molecule has 0 saturated carbocycles. The molecular weight excluding hydrogens is 233 g/mol. The number of carbonyl (C=O) groups excluding carboxylic acids is 2. The van der Waals surface area contributed by atoms with Crippen molar-refractivity contribution in [2.45, 2.75) is 6.42 Å². The zero-order chi connectivity index (χ0) is 13.0. The van der Waals surface area contributed by atoms with Gasteiger partial charge in [-0.3, -0.25) is 19.7 Å². The summed E-state index contributed by atoms with van der Waals surface area (Å²) >= 11 is 0. The minimum atomic E-state index is -1.03. The lowest BCUT2D eigenvalue weighted by atomic mass is 10.1. The van der Waals surface area contributed by atoms with Crippen molar-refractivity contribution in [1.29, 1.82) is 0 Å². The molecule has 0 fully saturated rings. The molecule has 90 valence electrons. The van der Waals surface area contributed by atoms with E-state index < -0.39 is 40.2 Å². The number of nitro groups is 1. The summed E-state index contributed by atoms with van der Waals surface area (Å²) in [5, 5.41) is 10.6. The van der Waals surface area contributed by atoms with Crippen LogP contribution in [0.3, 0.4) is 0 Å². The molecule has 1 rings (SSSR count). The van der Waals surface area contributed by atoms with E-state index in [-0.39, 0.29) is 0 Å². The van der Waals surface area contributed by atoms with E-state index in [2.05, 4.69) is 4.74 Å². The number of hydrogen-bond acceptors (Lipinski definition) is 5. The standard InChI is InChI=1S/C10H8FNO5/c1-17-9(14)5-8(13)10-6(11)3-2-4-7(10)12(15)16/h2-4H,5H2,1H3. The van der Waals surface area contributed by atoms with Gasteiger partial charge in [-0.2, -0.15) is 0 Å². The van der Waals surface area contributed by atoms with Gasteiger partial charge in [0.15, 0.2) is 5.78 Å². The first-order valence-corrected chi connectivity index (χ1v) is 4.50. The third kappa shape index (κ3) is 2.83. The van der Waals surface area contributed by atoms with E-state index in [4.69, 9.17) is 0 Å². The van der Waals surface area contributed by atoms with Gasteiger partial charge in [0, 0.05) is 6.07 Å². The van der Waals surface area contributed by atoms with Crippen molar-refractivity contribution in [3.63, 3.8) is 0 Å². The van der Waals surface area contributed by atoms with E-state index in [1.54, 1.807) is 0 Å². The van der Waals surface area contributed by atoms with Crippen LogP contribution in [0.1, 0.15) is 16.8 Å². The Morgan fingerprint density at radius 2 is 2.12 bits per heavy atom. The van der Waals surface area contributed by atoms with Gasteiger partial charge in [-0.05, 0) is 6.07 Å². The maximum atomic E-state index is 13.3. The molecule has 17 heavy (non-hydrogen) atoms. The first-order valence-electron chi connectivity index (χ1n) is 4.50. The quantitative estimate of drug-likeness (QED) is 0.262. The summed E-state index contributed by atoms with van der Waals surface area (Å²) in [4.78, 5) is 32.1. The van der Waals surface area contributed by atoms with Crippen molar-refractivity contribution in [2.75, 3.05) is 7.11 Å². The number of carbonyl (C=O) groups is 2. The molecule has 0 unspecified atom stereocenters. The summed E-state index contributed by atoms with van der Waals surface area (Å²) in [5.74, 6) is -2.90. The molecule has 7 heteroatoms. The van der Waals surface area contributed by atoms with Crippen LogP contribution in [0.2, 0.25) is 0 Å². The third-order valence-electron chi connectivity index (χ3n) is 2.00. The van der Waals surface area contributed by atoms with Gasteiger partial charge in [-0.15, -0.1) is 0 Å². The topological polar surface area (TPSA) is 86.5 Å². The lowest BCUT2D eigenvalue weighted by Crippen LogP contribution is -2.13. The fraction of sp³-hybridized carbons (Fsp3) is 0.200. The molecule has 0 radical (unpaired) electrons. The Morgan fingerprint density at radius 3 is 2.65 bits per heavy atom. The molecule has 0 atom stereocenters. The fourth-order valence-corrected chi connectivity index (χ4v) is 1.23. The van der Waals surface area contributed by atoms with Crippen molar-refractivity contribution >= 4 is 17.4 Å². The van der Waals surface area contributed by atoms with Crippen LogP contribution in [0.25, 0.3) is 0 Å². The second-order valence-corrected chi connectivity index (χ2v) is 3.07. The number of nitrogens with zero attached hydrogens (tertiary/aromatic N) is 1. The van der Waals surface area contributed by atoms with Gasteiger partial charge in [0.05, 0.1) is 12.0 Å². The number of esters is 1. The molecule has 1 aromatic rings. The number of ketones is 1. The first-order chi connectivity index (χ1) is 7.97. The summed E-state index contributed by atoms with van der Waals surface area (Å²) in [6.07, 6.45) is -0.738. The minimum absolute atomic E-state index is 0.668. The molecular formula is C10H8FNO5. The number of Topliss-reactive ketones (excluding diaryl/α,β-unsaturated/α-hetero) is 1. The van der Waals surface area contributed by atoms with E-state index in [1.165, 1.54) is 0 Å². The smallest absolute Gasteiger partial charge is 0.313 e. The average Bonchev–Trinajstić information content (AvgIpc) is 2.28. The van der Waals surface area contributed by atoms with Crippen LogP contribution in [0.5, 0.6) is 0 Å². The van der Waals surface area contributed by atoms with Crippen molar-refractivity contribution in [3.8, 4) is 0 Å². The zero-order valence-electron chi connectivity index (χ0n) is 8.81. The van der Waals surface area contributed by atoms with E-state index in [1.807, 2.05) is 0 Å². The van der Waals surface area contributed by atoms with Gasteiger partial charge in [0.25, 0.3) is 5.69 Å². The SMILES string of the molecule is COC(=O)CC(=O)c1c(F)cccc1[N+](=O)[O-]. The van der Waals surface area contributed by atoms with Gasteiger partial charge in [0.2, 0.25) is 0 Å². The molecule has 0 heterocycles. The molecule has 0 aromatic heterocycles. The molecule has 0 aliphatic rings. The Hall–Kier alpha value is -2.31. The largest absolute Gasteiger partial charge is 0.469 e.